The van der Waals surface area contributed by atoms with E-state index in [4.69, 9.17) is 0 Å². The van der Waals surface area contributed by atoms with Crippen LogP contribution in [-0.4, -0.2) is 17.2 Å². The predicted molar refractivity (Wildman–Crippen MR) is 66.8 cm³/mol. The summed E-state index contributed by atoms with van der Waals surface area (Å²) in [6, 6.07) is 5.42. The van der Waals surface area contributed by atoms with E-state index in [-0.39, 0.29) is 0 Å². The fraction of sp³-hybridized carbons (Fsp3) is 0.200. The molecule has 0 amide bonds. The van der Waals surface area contributed by atoms with Crippen LogP contribution < -0.4 is 0 Å². The molecule has 8 heteroatoms. The molecular weight excluding hydrogens is 329 g/mol. The molecule has 0 radical (unpaired) electrons. The van der Waals surface area contributed by atoms with Crippen LogP contribution >= 0.6 is 0 Å². The lowest BCUT2D eigenvalue weighted by Crippen LogP contribution is -2.55. The second-order valence-corrected chi connectivity index (χ2v) is 4.80. The van der Waals surface area contributed by atoms with E-state index in [1.165, 1.54) is 0 Å². The van der Waals surface area contributed by atoms with Gasteiger partial charge in [0.1, 0.15) is 11.6 Å². The highest BCUT2D eigenvalue weighted by Crippen LogP contribution is 2.51. The van der Waals surface area contributed by atoms with Crippen molar-refractivity contribution in [3.8, 4) is 0 Å². The first-order chi connectivity index (χ1) is 10.5. The highest BCUT2D eigenvalue weighted by atomic mass is 19.4. The van der Waals surface area contributed by atoms with Crippen LogP contribution in [0.15, 0.2) is 48.5 Å². The van der Waals surface area contributed by atoms with Gasteiger partial charge in [-0.3, -0.25) is 0 Å². The second-order valence-electron chi connectivity index (χ2n) is 4.80. The summed E-state index contributed by atoms with van der Waals surface area (Å²) < 4.78 is 92.9. The summed E-state index contributed by atoms with van der Waals surface area (Å²) >= 11 is 0. The molecule has 0 unspecified atom stereocenters. The highest BCUT2D eigenvalue weighted by molar-refractivity contribution is 5.40. The lowest BCUT2D eigenvalue weighted by molar-refractivity contribution is -0.336. The van der Waals surface area contributed by atoms with E-state index >= 15 is 0 Å². The van der Waals surface area contributed by atoms with Crippen LogP contribution in [0, 0.1) is 11.6 Å². The number of hydrogen-bond acceptors (Lipinski definition) is 1. The third-order valence-electron chi connectivity index (χ3n) is 3.30. The lowest BCUT2D eigenvalue weighted by Gasteiger charge is -2.37. The minimum Gasteiger partial charge on any atom is -0.374 e. The number of halogens is 7. The van der Waals surface area contributed by atoms with Crippen LogP contribution in [0.3, 0.4) is 0 Å². The summed E-state index contributed by atoms with van der Waals surface area (Å²) in [6.45, 7) is 0. The smallest absolute Gasteiger partial charge is 0.374 e. The zero-order valence-corrected chi connectivity index (χ0v) is 11.2. The van der Waals surface area contributed by atoms with Crippen molar-refractivity contribution in [1.82, 2.24) is 0 Å². The third kappa shape index (κ3) is 2.78. The molecule has 0 aromatic heterocycles. The van der Waals surface area contributed by atoms with Gasteiger partial charge in [-0.05, 0) is 35.4 Å². The maximum absolute atomic E-state index is 14.0. The number of rotatable bonds is 3. The van der Waals surface area contributed by atoms with Gasteiger partial charge in [-0.15, -0.1) is 0 Å². The molecule has 124 valence electrons. The molecule has 0 fully saturated rings. The summed E-state index contributed by atoms with van der Waals surface area (Å²) in [6.07, 6.45) is -6.15. The maximum atomic E-state index is 14.0. The van der Waals surface area contributed by atoms with E-state index in [1.54, 1.807) is 0 Å². The molecule has 0 bridgehead atoms. The first-order valence-corrected chi connectivity index (χ1v) is 6.19. The maximum Gasteiger partial charge on any atom is 0.457 e. The Kier molecular flexibility index (Phi) is 4.14. The number of benzene rings is 2. The third-order valence-corrected chi connectivity index (χ3v) is 3.30. The van der Waals surface area contributed by atoms with Crippen LogP contribution in [0.1, 0.15) is 11.1 Å². The summed E-state index contributed by atoms with van der Waals surface area (Å²) in [5.74, 6) is -7.95. The van der Waals surface area contributed by atoms with Crippen molar-refractivity contribution in [3.05, 3.63) is 71.3 Å². The molecule has 0 heterocycles. The fourth-order valence-electron chi connectivity index (χ4n) is 2.16. The molecule has 0 aliphatic rings. The van der Waals surface area contributed by atoms with E-state index in [2.05, 4.69) is 0 Å². The normalized spacial score (nSPS) is 13.2. The summed E-state index contributed by atoms with van der Waals surface area (Å²) in [7, 11) is 0. The van der Waals surface area contributed by atoms with Crippen molar-refractivity contribution < 1.29 is 35.8 Å². The average molecular weight is 338 g/mol. The van der Waals surface area contributed by atoms with Crippen LogP contribution in [0.4, 0.5) is 30.7 Å². The minimum atomic E-state index is -6.15. The molecule has 23 heavy (non-hydrogen) atoms. The Balaban J connectivity index is 2.80. The predicted octanol–water partition coefficient (Wildman–Crippen LogP) is 4.40. The van der Waals surface area contributed by atoms with E-state index < -0.39 is 40.5 Å². The van der Waals surface area contributed by atoms with E-state index in [0.29, 0.717) is 24.3 Å². The molecule has 1 N–H and O–H groups in total. The Morgan fingerprint density at radius 3 is 1.39 bits per heavy atom. The van der Waals surface area contributed by atoms with Crippen molar-refractivity contribution in [1.29, 1.82) is 0 Å². The van der Waals surface area contributed by atoms with Crippen LogP contribution in [0.5, 0.6) is 0 Å². The average Bonchev–Trinajstić information content (AvgIpc) is 2.45. The zero-order chi connectivity index (χ0) is 17.5. The Bertz CT molecular complexity index is 663. The molecule has 1 nitrogen and oxygen atoms in total. The number of alkyl halides is 5. The Morgan fingerprint density at radius 1 is 0.696 bits per heavy atom. The monoisotopic (exact) mass is 338 g/mol. The van der Waals surface area contributed by atoms with Gasteiger partial charge in [-0.25, -0.2) is 8.78 Å². The van der Waals surface area contributed by atoms with Gasteiger partial charge in [0.05, 0.1) is 0 Å². The topological polar surface area (TPSA) is 20.2 Å². The number of aliphatic hydroxyl groups is 1. The van der Waals surface area contributed by atoms with Crippen molar-refractivity contribution in [2.75, 3.05) is 0 Å². The molecule has 0 spiro atoms. The molecule has 0 aliphatic carbocycles. The zero-order valence-electron chi connectivity index (χ0n) is 11.2. The van der Waals surface area contributed by atoms with Gasteiger partial charge < -0.3 is 5.11 Å². The van der Waals surface area contributed by atoms with E-state index in [9.17, 15) is 35.8 Å². The van der Waals surface area contributed by atoms with Crippen LogP contribution in [0.25, 0.3) is 0 Å². The van der Waals surface area contributed by atoms with E-state index in [1.807, 2.05) is 0 Å². The molecule has 0 aliphatic heterocycles. The quantitative estimate of drug-likeness (QED) is 0.823. The van der Waals surface area contributed by atoms with Gasteiger partial charge in [-0.1, -0.05) is 24.3 Å². The molecule has 2 rings (SSSR count). The van der Waals surface area contributed by atoms with Crippen LogP contribution in [0.2, 0.25) is 0 Å². The van der Waals surface area contributed by atoms with Gasteiger partial charge in [0.15, 0.2) is 5.60 Å². The Labute approximate surface area is 126 Å². The molecule has 0 saturated heterocycles. The van der Waals surface area contributed by atoms with Crippen LogP contribution in [-0.2, 0) is 5.60 Å². The van der Waals surface area contributed by atoms with Gasteiger partial charge in [0.25, 0.3) is 0 Å². The van der Waals surface area contributed by atoms with Crippen molar-refractivity contribution >= 4 is 0 Å². The Morgan fingerprint density at radius 2 is 1.09 bits per heavy atom. The summed E-state index contributed by atoms with van der Waals surface area (Å²) in [5, 5.41) is 10.3. The molecular formula is C15H9F7O. The number of hydrogen-bond donors (Lipinski definition) is 1. The molecule has 2 aromatic carbocycles. The summed E-state index contributed by atoms with van der Waals surface area (Å²) in [4.78, 5) is 0. The van der Waals surface area contributed by atoms with Gasteiger partial charge in [0, 0.05) is 0 Å². The van der Waals surface area contributed by atoms with Crippen molar-refractivity contribution in [2.45, 2.75) is 17.7 Å². The van der Waals surface area contributed by atoms with Crippen molar-refractivity contribution in [2.24, 2.45) is 0 Å². The Hall–Kier alpha value is -2.09. The molecule has 0 saturated carbocycles. The largest absolute Gasteiger partial charge is 0.457 e. The standard InChI is InChI=1S/C15H9F7O/c16-11-5-1-3-9(7-11)13(23,14(18,19)15(20,21)22)10-4-2-6-12(17)8-10/h1-8,23H. The van der Waals surface area contributed by atoms with Gasteiger partial charge >= 0.3 is 12.1 Å². The fourth-order valence-corrected chi connectivity index (χ4v) is 2.16. The van der Waals surface area contributed by atoms with Gasteiger partial charge in [-0.2, -0.15) is 22.0 Å². The summed E-state index contributed by atoms with van der Waals surface area (Å²) in [5.41, 5.74) is -6.09. The van der Waals surface area contributed by atoms with Gasteiger partial charge in [0.2, 0.25) is 0 Å². The molecule has 0 atom stereocenters. The van der Waals surface area contributed by atoms with E-state index in [0.717, 1.165) is 24.3 Å². The molecule has 2 aromatic rings. The second kappa shape index (κ2) is 5.52. The first kappa shape index (κ1) is 17.3. The van der Waals surface area contributed by atoms with Crippen molar-refractivity contribution in [3.63, 3.8) is 0 Å². The lowest BCUT2D eigenvalue weighted by atomic mass is 9.80. The first-order valence-electron chi connectivity index (χ1n) is 6.19. The highest BCUT2D eigenvalue weighted by Gasteiger charge is 2.71. The SMILES string of the molecule is OC(c1cccc(F)c1)(c1cccc(F)c1)C(F)(F)C(F)(F)F. The minimum absolute atomic E-state index is 0.338.